The number of Topliss-reactive ketones (excluding diaryl/α,β-unsaturated/α-hetero) is 2. The average Bonchev–Trinajstić information content (AvgIpc) is 2.64. The van der Waals surface area contributed by atoms with E-state index >= 15 is 0 Å². The fourth-order valence-electron chi connectivity index (χ4n) is 3.27. The monoisotopic (exact) mass is 436 g/mol. The Morgan fingerprint density at radius 1 is 0.839 bits per heavy atom. The summed E-state index contributed by atoms with van der Waals surface area (Å²) in [5.41, 5.74) is -1.95. The van der Waals surface area contributed by atoms with Crippen LogP contribution in [0.3, 0.4) is 0 Å². The Morgan fingerprint density at radius 2 is 1.42 bits per heavy atom. The second-order valence-electron chi connectivity index (χ2n) is 9.14. The highest BCUT2D eigenvalue weighted by Gasteiger charge is 2.42. The number of unbranched alkanes of at least 4 members (excludes halogenated alkanes) is 4. The zero-order valence-corrected chi connectivity index (χ0v) is 19.8. The number of hydrogen-bond acceptors (Lipinski definition) is 4. The van der Waals surface area contributed by atoms with Gasteiger partial charge in [0.25, 0.3) is 0 Å². The van der Waals surface area contributed by atoms with Gasteiger partial charge >= 0.3 is 5.97 Å². The second-order valence-corrected chi connectivity index (χ2v) is 9.14. The average molecular weight is 437 g/mol. The standard InChI is InChI=1S/C25H41NO5/c1-5-6-7-8-9-10-11-12-13-14-15-16-17-22(27)18-19-23(28)25(31,20-24(29)30)21-26(2,3)4/h8-13,31H,5-7,14-21H2,1-4H3/p+1. The van der Waals surface area contributed by atoms with Crippen LogP contribution >= 0.6 is 0 Å². The van der Waals surface area contributed by atoms with Crippen molar-refractivity contribution in [2.75, 3.05) is 27.7 Å². The SMILES string of the molecule is CCCCC=CC=CC=CCCCCC(=O)CCC(=O)C(O)(CC(=O)O)C[N+](C)(C)C. The maximum absolute atomic E-state index is 12.5. The molecule has 0 saturated heterocycles. The number of ketones is 2. The van der Waals surface area contributed by atoms with Gasteiger partial charge in [-0.3, -0.25) is 14.4 Å². The molecule has 1 unspecified atom stereocenters. The summed E-state index contributed by atoms with van der Waals surface area (Å²) in [5.74, 6) is -1.84. The van der Waals surface area contributed by atoms with E-state index in [0.29, 0.717) is 6.42 Å². The van der Waals surface area contributed by atoms with E-state index in [4.69, 9.17) is 5.11 Å². The smallest absolute Gasteiger partial charge is 0.306 e. The molecule has 31 heavy (non-hydrogen) atoms. The molecule has 0 saturated carbocycles. The van der Waals surface area contributed by atoms with Crippen LogP contribution in [-0.2, 0) is 14.4 Å². The highest BCUT2D eigenvalue weighted by Crippen LogP contribution is 2.19. The first kappa shape index (κ1) is 28.9. The first-order chi connectivity index (χ1) is 14.5. The number of carboxylic acids is 1. The van der Waals surface area contributed by atoms with Gasteiger partial charge in [-0.1, -0.05) is 56.2 Å². The Kier molecular flexibility index (Phi) is 14.7. The molecule has 0 aromatic heterocycles. The molecule has 6 heteroatoms. The number of allylic oxidation sites excluding steroid dienone is 6. The first-order valence-electron chi connectivity index (χ1n) is 11.3. The number of carbonyl (C=O) groups excluding carboxylic acids is 2. The molecule has 0 aromatic carbocycles. The van der Waals surface area contributed by atoms with Crippen LogP contribution in [0.1, 0.15) is 71.1 Å². The summed E-state index contributed by atoms with van der Waals surface area (Å²) in [6, 6.07) is 0. The minimum atomic E-state index is -1.95. The lowest BCUT2D eigenvalue weighted by atomic mass is 9.89. The van der Waals surface area contributed by atoms with E-state index in [0.717, 1.165) is 25.7 Å². The van der Waals surface area contributed by atoms with Gasteiger partial charge in [0.05, 0.1) is 27.6 Å². The van der Waals surface area contributed by atoms with E-state index < -0.39 is 23.8 Å². The second kappa shape index (κ2) is 15.7. The molecular weight excluding hydrogens is 394 g/mol. The molecule has 0 aromatic rings. The van der Waals surface area contributed by atoms with Crippen molar-refractivity contribution < 1.29 is 29.1 Å². The van der Waals surface area contributed by atoms with E-state index in [-0.39, 0.29) is 29.7 Å². The van der Waals surface area contributed by atoms with Gasteiger partial charge in [-0.15, -0.1) is 0 Å². The molecule has 0 aliphatic heterocycles. The minimum absolute atomic E-state index is 0.0123. The highest BCUT2D eigenvalue weighted by atomic mass is 16.4. The molecule has 0 aliphatic carbocycles. The molecule has 0 heterocycles. The third-order valence-electron chi connectivity index (χ3n) is 4.74. The van der Waals surface area contributed by atoms with Crippen molar-refractivity contribution in [1.29, 1.82) is 0 Å². The van der Waals surface area contributed by atoms with Gasteiger partial charge in [-0.25, -0.2) is 0 Å². The Bertz CT molecular complexity index is 643. The zero-order valence-electron chi connectivity index (χ0n) is 19.8. The normalized spacial score (nSPS) is 14.5. The fraction of sp³-hybridized carbons (Fsp3) is 0.640. The van der Waals surface area contributed by atoms with Crippen LogP contribution in [0.25, 0.3) is 0 Å². The van der Waals surface area contributed by atoms with Crippen molar-refractivity contribution >= 4 is 17.5 Å². The number of aliphatic carboxylic acids is 1. The summed E-state index contributed by atoms with van der Waals surface area (Å²) >= 11 is 0. The van der Waals surface area contributed by atoms with Crippen molar-refractivity contribution in [1.82, 2.24) is 0 Å². The van der Waals surface area contributed by atoms with Gasteiger partial charge in [0.1, 0.15) is 12.3 Å². The number of hydrogen-bond donors (Lipinski definition) is 2. The van der Waals surface area contributed by atoms with Crippen molar-refractivity contribution in [2.45, 2.75) is 76.7 Å². The molecule has 6 nitrogen and oxygen atoms in total. The molecule has 0 fully saturated rings. The summed E-state index contributed by atoms with van der Waals surface area (Å²) in [6.07, 6.45) is 18.0. The predicted molar refractivity (Wildman–Crippen MR) is 125 cm³/mol. The molecular formula is C25H42NO5+. The highest BCUT2D eigenvalue weighted by molar-refractivity contribution is 5.93. The topological polar surface area (TPSA) is 91.7 Å². The number of nitrogens with zero attached hydrogens (tertiary/aromatic N) is 1. The van der Waals surface area contributed by atoms with E-state index in [9.17, 15) is 19.5 Å². The molecule has 0 rings (SSSR count). The van der Waals surface area contributed by atoms with E-state index in [1.54, 1.807) is 21.1 Å². The number of carbonyl (C=O) groups is 3. The Labute approximate surface area is 187 Å². The Morgan fingerprint density at radius 3 is 1.94 bits per heavy atom. The molecule has 0 amide bonds. The zero-order chi connectivity index (χ0) is 23.8. The van der Waals surface area contributed by atoms with Gasteiger partial charge < -0.3 is 14.7 Å². The maximum atomic E-state index is 12.5. The van der Waals surface area contributed by atoms with Crippen LogP contribution in [0.2, 0.25) is 0 Å². The van der Waals surface area contributed by atoms with Gasteiger partial charge in [-0.05, 0) is 25.7 Å². The molecule has 0 spiro atoms. The third kappa shape index (κ3) is 16.3. The van der Waals surface area contributed by atoms with Gasteiger partial charge in [-0.2, -0.15) is 0 Å². The van der Waals surface area contributed by atoms with Gasteiger partial charge in [0.15, 0.2) is 11.4 Å². The van der Waals surface area contributed by atoms with E-state index in [1.807, 2.05) is 18.2 Å². The van der Waals surface area contributed by atoms with Crippen molar-refractivity contribution in [2.24, 2.45) is 0 Å². The molecule has 2 N–H and O–H groups in total. The summed E-state index contributed by atoms with van der Waals surface area (Å²) < 4.78 is 0.251. The van der Waals surface area contributed by atoms with Crippen LogP contribution in [0.15, 0.2) is 36.5 Å². The largest absolute Gasteiger partial charge is 0.481 e. The first-order valence-corrected chi connectivity index (χ1v) is 11.3. The maximum Gasteiger partial charge on any atom is 0.306 e. The molecule has 176 valence electrons. The third-order valence-corrected chi connectivity index (χ3v) is 4.74. The Hall–Kier alpha value is -2.05. The minimum Gasteiger partial charge on any atom is -0.481 e. The van der Waals surface area contributed by atoms with Gasteiger partial charge in [0.2, 0.25) is 0 Å². The summed E-state index contributed by atoms with van der Waals surface area (Å²) in [4.78, 5) is 35.6. The molecule has 0 aliphatic rings. The van der Waals surface area contributed by atoms with Crippen LogP contribution in [0.4, 0.5) is 0 Å². The predicted octanol–water partition coefficient (Wildman–Crippen LogP) is 4.24. The van der Waals surface area contributed by atoms with Crippen LogP contribution in [0.5, 0.6) is 0 Å². The number of rotatable bonds is 18. The van der Waals surface area contributed by atoms with E-state index in [2.05, 4.69) is 25.2 Å². The summed E-state index contributed by atoms with van der Waals surface area (Å²) in [5, 5.41) is 19.7. The van der Waals surface area contributed by atoms with Gasteiger partial charge in [0, 0.05) is 19.3 Å². The summed E-state index contributed by atoms with van der Waals surface area (Å²) in [7, 11) is 5.33. The number of quaternary nitrogens is 1. The number of likely N-dealkylation sites (N-methyl/N-ethyl adjacent to an activating group) is 1. The molecule has 0 bridgehead atoms. The van der Waals surface area contributed by atoms with Crippen molar-refractivity contribution in [3.05, 3.63) is 36.5 Å². The van der Waals surface area contributed by atoms with Crippen molar-refractivity contribution in [3.63, 3.8) is 0 Å². The van der Waals surface area contributed by atoms with Crippen LogP contribution < -0.4 is 0 Å². The quantitative estimate of drug-likeness (QED) is 0.191. The van der Waals surface area contributed by atoms with Crippen LogP contribution in [0, 0.1) is 0 Å². The lowest BCUT2D eigenvalue weighted by molar-refractivity contribution is -0.875. The number of carboxylic acid groups (broad SMARTS) is 1. The lowest BCUT2D eigenvalue weighted by Crippen LogP contribution is -2.54. The molecule has 1 atom stereocenters. The van der Waals surface area contributed by atoms with E-state index in [1.165, 1.54) is 12.8 Å². The summed E-state index contributed by atoms with van der Waals surface area (Å²) in [6.45, 7) is 2.16. The lowest BCUT2D eigenvalue weighted by Gasteiger charge is -2.33. The van der Waals surface area contributed by atoms with Crippen molar-refractivity contribution in [3.8, 4) is 0 Å². The number of aliphatic hydroxyl groups is 1. The fourth-order valence-corrected chi connectivity index (χ4v) is 3.27. The Balaban J connectivity index is 4.20. The van der Waals surface area contributed by atoms with Crippen LogP contribution in [-0.4, -0.2) is 65.5 Å². The molecule has 0 radical (unpaired) electrons.